The predicted octanol–water partition coefficient (Wildman–Crippen LogP) is 8.39. The molecule has 7 rings (SSSR count). The monoisotopic (exact) mass is 668 g/mol. The number of hydrogen-bond donors (Lipinski definition) is 2. The third-order valence-electron chi connectivity index (χ3n) is 10.1. The van der Waals surface area contributed by atoms with Gasteiger partial charge in [0, 0.05) is 42.1 Å². The van der Waals surface area contributed by atoms with E-state index in [0.717, 1.165) is 88.1 Å². The first kappa shape index (κ1) is 33.6. The van der Waals surface area contributed by atoms with Crippen LogP contribution in [0.5, 0.6) is 0 Å². The van der Waals surface area contributed by atoms with Gasteiger partial charge in [0.15, 0.2) is 0 Å². The number of benzene rings is 3. The molecule has 0 radical (unpaired) electrons. The maximum atomic E-state index is 13.2. The van der Waals surface area contributed by atoms with Crippen molar-refractivity contribution in [1.82, 2.24) is 29.7 Å². The second kappa shape index (κ2) is 14.1. The highest BCUT2D eigenvalue weighted by Gasteiger charge is 2.49. The van der Waals surface area contributed by atoms with Crippen molar-refractivity contribution < 1.29 is 9.59 Å². The number of nitrogens with one attached hydrogen (secondary N) is 2. The number of nitrogens with zero attached hydrogens (tertiary/aromatic N) is 4. The number of amides is 2. The van der Waals surface area contributed by atoms with Crippen LogP contribution in [0.1, 0.15) is 102 Å². The van der Waals surface area contributed by atoms with Gasteiger partial charge in [0.2, 0.25) is 11.8 Å². The van der Waals surface area contributed by atoms with Gasteiger partial charge < -0.3 is 19.8 Å². The van der Waals surface area contributed by atoms with Gasteiger partial charge in [0.05, 0.1) is 35.5 Å². The highest BCUT2D eigenvalue weighted by atomic mass is 16.2. The molecule has 8 heteroatoms. The molecule has 2 fully saturated rings. The van der Waals surface area contributed by atoms with Crippen molar-refractivity contribution in [1.29, 1.82) is 0 Å². The third-order valence-corrected chi connectivity index (χ3v) is 10.1. The van der Waals surface area contributed by atoms with Gasteiger partial charge in [-0.15, -0.1) is 0 Å². The molecule has 3 aromatic carbocycles. The van der Waals surface area contributed by atoms with E-state index < -0.39 is 0 Å². The number of H-pyrrole nitrogens is 2. The minimum absolute atomic E-state index is 0.0387. The summed E-state index contributed by atoms with van der Waals surface area (Å²) in [4.78, 5) is 46.6. The normalized spacial score (nSPS) is 18.4. The lowest BCUT2D eigenvalue weighted by Gasteiger charge is -2.34. The Morgan fingerprint density at radius 3 is 2.44 bits per heavy atom. The molecule has 3 atom stereocenters. The Hall–Kier alpha value is -4.90. The first-order valence-corrected chi connectivity index (χ1v) is 18.3. The van der Waals surface area contributed by atoms with Crippen molar-refractivity contribution in [2.24, 2.45) is 17.8 Å². The molecule has 2 amide bonds. The van der Waals surface area contributed by atoms with Crippen molar-refractivity contribution in [2.75, 3.05) is 6.54 Å². The molecule has 2 bridgehead atoms. The van der Waals surface area contributed by atoms with E-state index in [0.29, 0.717) is 43.2 Å². The summed E-state index contributed by atoms with van der Waals surface area (Å²) in [5, 5.41) is 2.24. The summed E-state index contributed by atoms with van der Waals surface area (Å²) in [6, 6.07) is 19.2. The highest BCUT2D eigenvalue weighted by Crippen LogP contribution is 2.50. The molecule has 1 aliphatic heterocycles. The molecule has 3 heterocycles. The van der Waals surface area contributed by atoms with E-state index in [1.165, 1.54) is 0 Å². The summed E-state index contributed by atoms with van der Waals surface area (Å²) < 4.78 is 0. The number of aromatic nitrogens is 4. The van der Waals surface area contributed by atoms with Gasteiger partial charge in [-0.2, -0.15) is 0 Å². The fourth-order valence-electron chi connectivity index (χ4n) is 7.85. The van der Waals surface area contributed by atoms with E-state index in [1.54, 1.807) is 0 Å². The number of aromatic amines is 2. The Kier molecular flexibility index (Phi) is 9.50. The van der Waals surface area contributed by atoms with Gasteiger partial charge in [0.25, 0.3) is 0 Å². The van der Waals surface area contributed by atoms with E-state index in [1.807, 2.05) is 23.2 Å². The quantitative estimate of drug-likeness (QED) is 0.146. The van der Waals surface area contributed by atoms with Crippen LogP contribution >= 0.6 is 0 Å². The smallest absolute Gasteiger partial charge is 0.223 e. The van der Waals surface area contributed by atoms with Crippen LogP contribution in [0.15, 0.2) is 60.8 Å². The average Bonchev–Trinajstić information content (AvgIpc) is 3.90. The standard InChI is InChI=1S/C42H48N6O2/c1-6-17-47(39(49)18-26(2)3)25-38-43-24-37(44-38)32-13-12-30-20-28(9-11-31(30)22-32)7-8-29-10-16-35-36(21-29)46-42(45-35)41-33-14-15-34(23-33)48(41)40(50)19-27(4)5/h9-13,16,20-22,24,26-27,33-34,41H,6,14-15,17-19,23,25H2,1-5H3,(H,43,44)(H,45,46)/t33?,34-,41?/m0/s1. The van der Waals surface area contributed by atoms with Crippen LogP contribution in [-0.2, 0) is 16.1 Å². The van der Waals surface area contributed by atoms with Crippen LogP contribution in [0.25, 0.3) is 33.1 Å². The Labute approximate surface area is 295 Å². The van der Waals surface area contributed by atoms with Crippen LogP contribution in [0.4, 0.5) is 0 Å². The minimum atomic E-state index is 0.0387. The van der Waals surface area contributed by atoms with E-state index in [-0.39, 0.29) is 17.9 Å². The molecule has 1 saturated heterocycles. The summed E-state index contributed by atoms with van der Waals surface area (Å²) in [5.74, 6) is 9.99. The molecule has 2 N–H and O–H groups in total. The largest absolute Gasteiger partial charge is 0.341 e. The first-order valence-electron chi connectivity index (χ1n) is 18.3. The van der Waals surface area contributed by atoms with Gasteiger partial charge in [-0.05, 0) is 90.6 Å². The summed E-state index contributed by atoms with van der Waals surface area (Å²) in [6.07, 6.45) is 7.25. The number of likely N-dealkylation sites (tertiary alicyclic amines) is 1. The summed E-state index contributed by atoms with van der Waals surface area (Å²) in [6.45, 7) is 11.7. The topological polar surface area (TPSA) is 98.0 Å². The fourth-order valence-corrected chi connectivity index (χ4v) is 7.85. The van der Waals surface area contributed by atoms with Crippen molar-refractivity contribution >= 4 is 33.6 Å². The number of fused-ring (bicyclic) bond motifs is 4. The SMILES string of the molecule is CCCN(Cc1ncc(-c2ccc3cc(C#Cc4ccc5nc(C6C7CC[C@@H](C7)N6C(=O)CC(C)C)[nH]c5c4)ccc3c2)[nH]1)C(=O)CC(C)C. The lowest BCUT2D eigenvalue weighted by atomic mass is 9.97. The highest BCUT2D eigenvalue weighted by molar-refractivity contribution is 5.88. The molecule has 0 spiro atoms. The zero-order valence-corrected chi connectivity index (χ0v) is 29.9. The van der Waals surface area contributed by atoms with Gasteiger partial charge in [-0.25, -0.2) is 9.97 Å². The number of imidazole rings is 2. The van der Waals surface area contributed by atoms with Crippen molar-refractivity contribution in [3.05, 3.63) is 83.6 Å². The van der Waals surface area contributed by atoms with Gasteiger partial charge in [-0.3, -0.25) is 9.59 Å². The second-order valence-electron chi connectivity index (χ2n) is 15.1. The van der Waals surface area contributed by atoms with Crippen molar-refractivity contribution in [2.45, 2.75) is 91.8 Å². The van der Waals surface area contributed by atoms with E-state index in [9.17, 15) is 9.59 Å². The lowest BCUT2D eigenvalue weighted by molar-refractivity contribution is -0.136. The van der Waals surface area contributed by atoms with Gasteiger partial charge >= 0.3 is 0 Å². The molecule has 2 unspecified atom stereocenters. The number of hydrogen-bond acceptors (Lipinski definition) is 4. The molecule has 1 saturated carbocycles. The second-order valence-corrected chi connectivity index (χ2v) is 15.1. The summed E-state index contributed by atoms with van der Waals surface area (Å²) >= 11 is 0. The zero-order chi connectivity index (χ0) is 34.9. The van der Waals surface area contributed by atoms with Crippen LogP contribution in [0.3, 0.4) is 0 Å². The third kappa shape index (κ3) is 7.05. The molecular formula is C42H48N6O2. The maximum Gasteiger partial charge on any atom is 0.223 e. The maximum absolute atomic E-state index is 13.2. The molecule has 258 valence electrons. The van der Waals surface area contributed by atoms with Gasteiger partial charge in [0.1, 0.15) is 11.6 Å². The number of piperidine rings is 1. The Morgan fingerprint density at radius 2 is 1.66 bits per heavy atom. The molecule has 8 nitrogen and oxygen atoms in total. The Balaban J connectivity index is 1.05. The predicted molar refractivity (Wildman–Crippen MR) is 199 cm³/mol. The summed E-state index contributed by atoms with van der Waals surface area (Å²) in [7, 11) is 0. The molecule has 1 aliphatic carbocycles. The Morgan fingerprint density at radius 1 is 0.920 bits per heavy atom. The molecule has 2 aliphatic rings. The zero-order valence-electron chi connectivity index (χ0n) is 29.9. The number of carbonyl (C=O) groups is 2. The minimum Gasteiger partial charge on any atom is -0.341 e. The molecule has 2 aromatic heterocycles. The van der Waals surface area contributed by atoms with E-state index in [2.05, 4.69) is 109 Å². The first-order chi connectivity index (χ1) is 24.1. The number of rotatable bonds is 10. The van der Waals surface area contributed by atoms with E-state index in [4.69, 9.17) is 4.98 Å². The van der Waals surface area contributed by atoms with Gasteiger partial charge in [-0.1, -0.05) is 64.7 Å². The molecule has 5 aromatic rings. The van der Waals surface area contributed by atoms with Crippen molar-refractivity contribution in [3.8, 4) is 23.1 Å². The van der Waals surface area contributed by atoms with Crippen molar-refractivity contribution in [3.63, 3.8) is 0 Å². The van der Waals surface area contributed by atoms with E-state index >= 15 is 0 Å². The fraction of sp³-hybridized carbons (Fsp3) is 0.429. The lowest BCUT2D eigenvalue weighted by Crippen LogP contribution is -2.41. The van der Waals surface area contributed by atoms with Crippen LogP contribution in [0.2, 0.25) is 0 Å². The summed E-state index contributed by atoms with van der Waals surface area (Å²) in [5.41, 5.74) is 5.72. The molecular weight excluding hydrogens is 621 g/mol. The Bertz CT molecular complexity index is 2100. The van der Waals surface area contributed by atoms with Crippen LogP contribution < -0.4 is 0 Å². The van der Waals surface area contributed by atoms with Crippen LogP contribution in [0, 0.1) is 29.6 Å². The number of carbonyl (C=O) groups excluding carboxylic acids is 2. The average molecular weight is 669 g/mol. The molecule has 50 heavy (non-hydrogen) atoms. The van der Waals surface area contributed by atoms with Crippen LogP contribution in [-0.4, -0.2) is 54.1 Å².